The van der Waals surface area contributed by atoms with Gasteiger partial charge in [0.25, 0.3) is 0 Å². The van der Waals surface area contributed by atoms with Gasteiger partial charge in [-0.1, -0.05) is 168 Å². The van der Waals surface area contributed by atoms with Crippen molar-refractivity contribution in [3.8, 4) is 0 Å². The van der Waals surface area contributed by atoms with Gasteiger partial charge in [-0.2, -0.15) is 0 Å². The first kappa shape index (κ1) is 44.4. The van der Waals surface area contributed by atoms with Crippen LogP contribution in [0.15, 0.2) is 0 Å². The van der Waals surface area contributed by atoms with Gasteiger partial charge in [-0.3, -0.25) is 9.59 Å². The molecule has 0 spiro atoms. The lowest BCUT2D eigenvalue weighted by molar-refractivity contribution is -0.147. The number of hydrogen-bond acceptors (Lipinski definition) is 4. The number of carbonyl (C=O) groups excluding carboxylic acids is 3. The molecular weight excluding hydrogens is 572 g/mol. The van der Waals surface area contributed by atoms with E-state index in [1.54, 1.807) is 6.92 Å². The van der Waals surface area contributed by atoms with Crippen molar-refractivity contribution in [1.82, 2.24) is 10.6 Å². The molecule has 46 heavy (non-hydrogen) atoms. The topological polar surface area (TPSA) is 84.5 Å². The first-order valence-corrected chi connectivity index (χ1v) is 20.3. The van der Waals surface area contributed by atoms with Crippen LogP contribution < -0.4 is 10.6 Å². The molecule has 0 aromatic heterocycles. The summed E-state index contributed by atoms with van der Waals surface area (Å²) in [6.45, 7) is 7.24. The summed E-state index contributed by atoms with van der Waals surface area (Å²) in [5.74, 6) is -0.295. The Kier molecular flexibility index (Phi) is 35.0. The van der Waals surface area contributed by atoms with Crippen LogP contribution in [0.25, 0.3) is 0 Å². The predicted octanol–water partition coefficient (Wildman–Crippen LogP) is 11.3. The summed E-state index contributed by atoms with van der Waals surface area (Å²) < 4.78 is 5.21. The van der Waals surface area contributed by atoms with E-state index in [0.717, 1.165) is 38.5 Å². The quantitative estimate of drug-likeness (QED) is 0.0522. The van der Waals surface area contributed by atoms with Gasteiger partial charge < -0.3 is 15.4 Å². The highest BCUT2D eigenvalue weighted by Gasteiger charge is 2.21. The average molecular weight is 651 g/mol. The van der Waals surface area contributed by atoms with E-state index in [2.05, 4.69) is 24.5 Å². The largest absolute Gasteiger partial charge is 0.464 e. The standard InChI is InChI=1S/C40H78N2O4/c1-4-7-9-11-13-15-17-19-21-23-25-27-29-34-38(43)41-36-32-31-33-37(40(45)46-6-3)42-39(44)35-30-28-26-24-22-20-18-16-14-12-10-8-5-2/h37H,4-36H2,1-3H3,(H,41,43)(H,42,44)/t37-/m0/s1. The zero-order valence-corrected chi connectivity index (χ0v) is 31.0. The number of hydrogen-bond donors (Lipinski definition) is 2. The maximum absolute atomic E-state index is 12.5. The van der Waals surface area contributed by atoms with Crippen LogP contribution in [-0.4, -0.2) is 37.0 Å². The number of ether oxygens (including phenoxy) is 1. The fourth-order valence-corrected chi connectivity index (χ4v) is 6.15. The fourth-order valence-electron chi connectivity index (χ4n) is 6.15. The summed E-state index contributed by atoms with van der Waals surface area (Å²) >= 11 is 0. The van der Waals surface area contributed by atoms with Crippen molar-refractivity contribution in [3.63, 3.8) is 0 Å². The molecule has 0 fully saturated rings. The van der Waals surface area contributed by atoms with Crippen molar-refractivity contribution in [2.75, 3.05) is 13.2 Å². The minimum Gasteiger partial charge on any atom is -0.464 e. The van der Waals surface area contributed by atoms with Crippen molar-refractivity contribution in [2.24, 2.45) is 0 Å². The van der Waals surface area contributed by atoms with Crippen molar-refractivity contribution < 1.29 is 19.1 Å². The third-order valence-corrected chi connectivity index (χ3v) is 9.16. The average Bonchev–Trinajstić information content (AvgIpc) is 3.04. The Morgan fingerprint density at radius 1 is 0.457 bits per heavy atom. The van der Waals surface area contributed by atoms with Gasteiger partial charge in [0.15, 0.2) is 0 Å². The van der Waals surface area contributed by atoms with Gasteiger partial charge in [0.1, 0.15) is 6.04 Å². The Labute approximate surface area is 286 Å². The molecule has 272 valence electrons. The number of amides is 2. The molecule has 0 rings (SSSR count). The molecule has 6 nitrogen and oxygen atoms in total. The van der Waals surface area contributed by atoms with Gasteiger partial charge in [-0.05, 0) is 39.0 Å². The fraction of sp³-hybridized carbons (Fsp3) is 0.925. The summed E-state index contributed by atoms with van der Waals surface area (Å²) in [6, 6.07) is -0.601. The third kappa shape index (κ3) is 32.4. The second-order valence-electron chi connectivity index (χ2n) is 13.7. The van der Waals surface area contributed by atoms with E-state index in [0.29, 0.717) is 32.4 Å². The molecule has 0 aliphatic rings. The molecule has 0 aliphatic heterocycles. The molecule has 0 heterocycles. The molecule has 0 bridgehead atoms. The van der Waals surface area contributed by atoms with Crippen molar-refractivity contribution in [3.05, 3.63) is 0 Å². The Balaban J connectivity index is 3.80. The lowest BCUT2D eigenvalue weighted by Crippen LogP contribution is -2.41. The van der Waals surface area contributed by atoms with Crippen LogP contribution >= 0.6 is 0 Å². The molecule has 2 amide bonds. The maximum Gasteiger partial charge on any atom is 0.328 e. The van der Waals surface area contributed by atoms with E-state index >= 15 is 0 Å². The highest BCUT2D eigenvalue weighted by molar-refractivity contribution is 5.84. The molecule has 6 heteroatoms. The van der Waals surface area contributed by atoms with Crippen LogP contribution in [0, 0.1) is 0 Å². The number of carbonyl (C=O) groups is 3. The monoisotopic (exact) mass is 651 g/mol. The van der Waals surface area contributed by atoms with Gasteiger partial charge in [0.2, 0.25) is 11.8 Å². The number of unbranched alkanes of at least 4 members (excludes halogenated alkanes) is 25. The lowest BCUT2D eigenvalue weighted by atomic mass is 10.0. The molecule has 0 unspecified atom stereocenters. The number of esters is 1. The second kappa shape index (κ2) is 36.2. The Morgan fingerprint density at radius 3 is 1.22 bits per heavy atom. The maximum atomic E-state index is 12.5. The van der Waals surface area contributed by atoms with Gasteiger partial charge in [0, 0.05) is 19.4 Å². The van der Waals surface area contributed by atoms with E-state index in [1.165, 1.54) is 141 Å². The molecule has 0 aliphatic carbocycles. The van der Waals surface area contributed by atoms with Gasteiger partial charge in [-0.25, -0.2) is 4.79 Å². The summed E-state index contributed by atoms with van der Waals surface area (Å²) in [5, 5.41) is 5.93. The minimum absolute atomic E-state index is 0.0627. The van der Waals surface area contributed by atoms with E-state index in [9.17, 15) is 14.4 Å². The van der Waals surface area contributed by atoms with E-state index in [-0.39, 0.29) is 17.8 Å². The normalized spacial score (nSPS) is 11.8. The summed E-state index contributed by atoms with van der Waals surface area (Å²) in [6.07, 6.45) is 36.7. The summed E-state index contributed by atoms with van der Waals surface area (Å²) in [5.41, 5.74) is 0. The molecule has 0 aromatic carbocycles. The Morgan fingerprint density at radius 2 is 0.826 bits per heavy atom. The molecular formula is C40H78N2O4. The lowest BCUT2D eigenvalue weighted by Gasteiger charge is -2.17. The van der Waals surface area contributed by atoms with Gasteiger partial charge in [-0.15, -0.1) is 0 Å². The number of rotatable bonds is 36. The van der Waals surface area contributed by atoms with Crippen molar-refractivity contribution in [1.29, 1.82) is 0 Å². The zero-order valence-electron chi connectivity index (χ0n) is 31.0. The SMILES string of the molecule is CCCCCCCCCCCCCCCC(=O)NCCCC[C@H](NC(=O)CCCCCCCCCCCCCCC)C(=O)OCC. The van der Waals surface area contributed by atoms with Crippen molar-refractivity contribution in [2.45, 2.75) is 226 Å². The van der Waals surface area contributed by atoms with Crippen LogP contribution in [0.4, 0.5) is 0 Å². The highest BCUT2D eigenvalue weighted by atomic mass is 16.5. The van der Waals surface area contributed by atoms with Gasteiger partial charge >= 0.3 is 5.97 Å². The molecule has 0 saturated heterocycles. The first-order valence-electron chi connectivity index (χ1n) is 20.3. The molecule has 0 radical (unpaired) electrons. The first-order chi connectivity index (χ1) is 22.5. The predicted molar refractivity (Wildman–Crippen MR) is 196 cm³/mol. The van der Waals surface area contributed by atoms with Gasteiger partial charge in [0.05, 0.1) is 6.61 Å². The third-order valence-electron chi connectivity index (χ3n) is 9.16. The molecule has 0 saturated carbocycles. The summed E-state index contributed by atoms with van der Waals surface area (Å²) in [4.78, 5) is 37.2. The van der Waals surface area contributed by atoms with Crippen LogP contribution in [-0.2, 0) is 19.1 Å². The van der Waals surface area contributed by atoms with E-state index in [4.69, 9.17) is 4.74 Å². The van der Waals surface area contributed by atoms with Crippen LogP contribution in [0.1, 0.15) is 220 Å². The Bertz CT molecular complexity index is 684. The Hall–Kier alpha value is -1.59. The van der Waals surface area contributed by atoms with Crippen LogP contribution in [0.2, 0.25) is 0 Å². The van der Waals surface area contributed by atoms with Crippen molar-refractivity contribution >= 4 is 17.8 Å². The molecule has 0 aromatic rings. The van der Waals surface area contributed by atoms with Crippen LogP contribution in [0.5, 0.6) is 0 Å². The van der Waals surface area contributed by atoms with E-state index in [1.807, 2.05) is 0 Å². The smallest absolute Gasteiger partial charge is 0.328 e. The minimum atomic E-state index is -0.601. The summed E-state index contributed by atoms with van der Waals surface area (Å²) in [7, 11) is 0. The zero-order chi connectivity index (χ0) is 33.8. The highest BCUT2D eigenvalue weighted by Crippen LogP contribution is 2.14. The molecule has 2 N–H and O–H groups in total. The second-order valence-corrected chi connectivity index (χ2v) is 13.7. The van der Waals surface area contributed by atoms with Crippen LogP contribution in [0.3, 0.4) is 0 Å². The molecule has 1 atom stereocenters. The van der Waals surface area contributed by atoms with E-state index < -0.39 is 6.04 Å². The number of nitrogens with one attached hydrogen (secondary N) is 2.